The summed E-state index contributed by atoms with van der Waals surface area (Å²) < 4.78 is 0. The molecule has 0 aliphatic rings. The van der Waals surface area contributed by atoms with Crippen LogP contribution in [0.2, 0.25) is 0 Å². The van der Waals surface area contributed by atoms with Crippen molar-refractivity contribution in [3.05, 3.63) is 48.2 Å². The zero-order valence-electron chi connectivity index (χ0n) is 8.51. The van der Waals surface area contributed by atoms with E-state index in [1.165, 1.54) is 0 Å². The van der Waals surface area contributed by atoms with Crippen molar-refractivity contribution in [2.24, 2.45) is 0 Å². The zero-order chi connectivity index (χ0) is 11.4. The first-order chi connectivity index (χ1) is 7.79. The molecule has 0 fully saturated rings. The second kappa shape index (κ2) is 4.32. The minimum Gasteiger partial charge on any atom is -0.397 e. The monoisotopic (exact) mass is 210 g/mol. The van der Waals surface area contributed by atoms with Crippen molar-refractivity contribution < 1.29 is 0 Å². The smallest absolute Gasteiger partial charge is 0.130 e. The van der Waals surface area contributed by atoms with Crippen LogP contribution in [-0.2, 0) is 0 Å². The highest BCUT2D eigenvalue weighted by Gasteiger charge is 2.01. The average Bonchev–Trinajstić information content (AvgIpc) is 2.33. The van der Waals surface area contributed by atoms with Gasteiger partial charge in [0.05, 0.1) is 23.0 Å². The van der Waals surface area contributed by atoms with Gasteiger partial charge >= 0.3 is 0 Å². The molecule has 0 radical (unpaired) electrons. The molecule has 0 amide bonds. The number of rotatable bonds is 2. The molecule has 2 aromatic rings. The van der Waals surface area contributed by atoms with Gasteiger partial charge in [0, 0.05) is 6.20 Å². The summed E-state index contributed by atoms with van der Waals surface area (Å²) in [6.07, 6.45) is 1.70. The van der Waals surface area contributed by atoms with E-state index in [1.807, 2.05) is 24.3 Å². The molecule has 0 saturated carbocycles. The van der Waals surface area contributed by atoms with E-state index in [-0.39, 0.29) is 0 Å². The third-order valence-corrected chi connectivity index (χ3v) is 2.11. The Bertz CT molecular complexity index is 528. The summed E-state index contributed by atoms with van der Waals surface area (Å²) >= 11 is 0. The summed E-state index contributed by atoms with van der Waals surface area (Å²) in [6, 6.07) is 12.7. The topological polar surface area (TPSA) is 74.7 Å². The number of nitrogens with one attached hydrogen (secondary N) is 1. The molecular weight excluding hydrogens is 200 g/mol. The van der Waals surface area contributed by atoms with Crippen molar-refractivity contribution in [3.8, 4) is 6.07 Å². The number of nitrogen functional groups attached to an aromatic ring is 1. The molecule has 0 unspecified atom stereocenters. The van der Waals surface area contributed by atoms with E-state index in [4.69, 9.17) is 11.0 Å². The molecule has 0 aliphatic carbocycles. The lowest BCUT2D eigenvalue weighted by Gasteiger charge is -2.08. The molecular formula is C12H10N4. The van der Waals surface area contributed by atoms with Crippen LogP contribution in [-0.4, -0.2) is 4.98 Å². The Morgan fingerprint density at radius 1 is 1.25 bits per heavy atom. The summed E-state index contributed by atoms with van der Waals surface area (Å²) in [6.45, 7) is 0. The molecule has 78 valence electrons. The van der Waals surface area contributed by atoms with Gasteiger partial charge in [-0.3, -0.25) is 0 Å². The van der Waals surface area contributed by atoms with Crippen LogP contribution in [0, 0.1) is 11.3 Å². The first-order valence-corrected chi connectivity index (χ1v) is 4.77. The van der Waals surface area contributed by atoms with E-state index in [0.717, 1.165) is 11.5 Å². The molecule has 0 saturated heterocycles. The summed E-state index contributed by atoms with van der Waals surface area (Å²) in [7, 11) is 0. The number of hydrogen-bond donors (Lipinski definition) is 2. The van der Waals surface area contributed by atoms with Crippen LogP contribution in [0.15, 0.2) is 42.6 Å². The molecule has 1 heterocycles. The fourth-order valence-electron chi connectivity index (χ4n) is 1.32. The summed E-state index contributed by atoms with van der Waals surface area (Å²) in [4.78, 5) is 4.13. The number of pyridine rings is 1. The first-order valence-electron chi connectivity index (χ1n) is 4.77. The molecule has 0 bridgehead atoms. The summed E-state index contributed by atoms with van der Waals surface area (Å²) in [5.41, 5.74) is 7.63. The predicted molar refractivity (Wildman–Crippen MR) is 63.1 cm³/mol. The minimum atomic E-state index is 0.532. The molecule has 4 heteroatoms. The number of benzene rings is 1. The number of nitrogens with two attached hydrogens (primary N) is 1. The molecule has 0 aliphatic heterocycles. The van der Waals surface area contributed by atoms with E-state index >= 15 is 0 Å². The van der Waals surface area contributed by atoms with E-state index in [1.54, 1.807) is 24.4 Å². The average molecular weight is 210 g/mol. The number of hydrogen-bond acceptors (Lipinski definition) is 4. The van der Waals surface area contributed by atoms with Gasteiger partial charge < -0.3 is 11.1 Å². The lowest BCUT2D eigenvalue weighted by molar-refractivity contribution is 1.31. The van der Waals surface area contributed by atoms with Crippen molar-refractivity contribution in [1.29, 1.82) is 5.26 Å². The van der Waals surface area contributed by atoms with E-state index < -0.39 is 0 Å². The Balaban J connectivity index is 2.27. The Hall–Kier alpha value is -2.54. The largest absolute Gasteiger partial charge is 0.397 e. The fourth-order valence-corrected chi connectivity index (χ4v) is 1.32. The van der Waals surface area contributed by atoms with Crippen LogP contribution in [0.25, 0.3) is 0 Å². The lowest BCUT2D eigenvalue weighted by Crippen LogP contribution is -1.97. The Morgan fingerprint density at radius 3 is 2.75 bits per heavy atom. The highest BCUT2D eigenvalue weighted by Crippen LogP contribution is 2.22. The Kier molecular flexibility index (Phi) is 2.70. The maximum absolute atomic E-state index is 8.70. The Labute approximate surface area is 93.4 Å². The maximum Gasteiger partial charge on any atom is 0.130 e. The summed E-state index contributed by atoms with van der Waals surface area (Å²) in [5, 5.41) is 11.8. The van der Waals surface area contributed by atoms with Crippen molar-refractivity contribution in [2.75, 3.05) is 11.1 Å². The number of aromatic nitrogens is 1. The Morgan fingerprint density at radius 2 is 2.12 bits per heavy atom. The van der Waals surface area contributed by atoms with Gasteiger partial charge in [0.25, 0.3) is 0 Å². The third-order valence-electron chi connectivity index (χ3n) is 2.11. The van der Waals surface area contributed by atoms with Gasteiger partial charge in [-0.25, -0.2) is 4.98 Å². The van der Waals surface area contributed by atoms with Gasteiger partial charge in [-0.05, 0) is 30.3 Å². The van der Waals surface area contributed by atoms with Crippen molar-refractivity contribution in [1.82, 2.24) is 4.98 Å². The van der Waals surface area contributed by atoms with E-state index in [0.29, 0.717) is 11.3 Å². The van der Waals surface area contributed by atoms with Gasteiger partial charge in [0.1, 0.15) is 5.82 Å². The standard InChI is InChI=1S/C12H10N4/c13-8-9-4-5-11(10(14)7-9)16-12-3-1-2-6-15-12/h1-7H,14H2,(H,15,16). The molecule has 2 rings (SSSR count). The fraction of sp³-hybridized carbons (Fsp3) is 0. The van der Waals surface area contributed by atoms with Gasteiger partial charge in [-0.1, -0.05) is 6.07 Å². The summed E-state index contributed by atoms with van der Waals surface area (Å²) in [5.74, 6) is 0.721. The van der Waals surface area contributed by atoms with E-state index in [2.05, 4.69) is 10.3 Å². The normalized spacial score (nSPS) is 9.44. The van der Waals surface area contributed by atoms with Crippen LogP contribution in [0.1, 0.15) is 5.56 Å². The molecule has 1 aromatic heterocycles. The molecule has 1 aromatic carbocycles. The van der Waals surface area contributed by atoms with Crippen LogP contribution in [0.3, 0.4) is 0 Å². The van der Waals surface area contributed by atoms with Gasteiger partial charge in [-0.15, -0.1) is 0 Å². The van der Waals surface area contributed by atoms with Crippen molar-refractivity contribution in [2.45, 2.75) is 0 Å². The SMILES string of the molecule is N#Cc1ccc(Nc2ccccn2)c(N)c1. The molecule has 0 spiro atoms. The second-order valence-corrected chi connectivity index (χ2v) is 3.25. The maximum atomic E-state index is 8.70. The van der Waals surface area contributed by atoms with Crippen LogP contribution in [0.4, 0.5) is 17.2 Å². The quantitative estimate of drug-likeness (QED) is 0.745. The number of nitriles is 1. The minimum absolute atomic E-state index is 0.532. The third kappa shape index (κ3) is 2.10. The van der Waals surface area contributed by atoms with Crippen molar-refractivity contribution >= 4 is 17.2 Å². The number of nitrogens with zero attached hydrogens (tertiary/aromatic N) is 2. The molecule has 16 heavy (non-hydrogen) atoms. The van der Waals surface area contributed by atoms with Gasteiger partial charge in [-0.2, -0.15) is 5.26 Å². The molecule has 3 N–H and O–H groups in total. The second-order valence-electron chi connectivity index (χ2n) is 3.25. The van der Waals surface area contributed by atoms with E-state index in [9.17, 15) is 0 Å². The highest BCUT2D eigenvalue weighted by molar-refractivity contribution is 5.72. The predicted octanol–water partition coefficient (Wildman–Crippen LogP) is 2.28. The van der Waals surface area contributed by atoms with Crippen LogP contribution in [0.5, 0.6) is 0 Å². The zero-order valence-corrected chi connectivity index (χ0v) is 8.51. The molecule has 0 atom stereocenters. The van der Waals surface area contributed by atoms with Gasteiger partial charge in [0.2, 0.25) is 0 Å². The highest BCUT2D eigenvalue weighted by atomic mass is 15.0. The van der Waals surface area contributed by atoms with Gasteiger partial charge in [0.15, 0.2) is 0 Å². The first kappa shape index (κ1) is 9.99. The van der Waals surface area contributed by atoms with Crippen LogP contribution < -0.4 is 11.1 Å². The number of anilines is 3. The van der Waals surface area contributed by atoms with Crippen molar-refractivity contribution in [3.63, 3.8) is 0 Å². The molecule has 4 nitrogen and oxygen atoms in total. The van der Waals surface area contributed by atoms with Crippen LogP contribution >= 0.6 is 0 Å². The lowest BCUT2D eigenvalue weighted by atomic mass is 10.2.